The SMILES string of the molecule is CCNS(=O)(=O)c1cc(-c2sc(Nc3cccc(N(C)C(=O)COC)n3)nc2C)cc2c1C(=O)N([C@@H](C)C1(I)CC1)C2. The van der Waals surface area contributed by atoms with Crippen molar-refractivity contribution < 1.29 is 22.7 Å². The monoisotopic (exact) mass is 724 g/mol. The van der Waals surface area contributed by atoms with Gasteiger partial charge in [-0.05, 0) is 62.1 Å². The van der Waals surface area contributed by atoms with Crippen LogP contribution in [0, 0.1) is 6.92 Å². The molecule has 224 valence electrons. The number of aromatic nitrogens is 2. The van der Waals surface area contributed by atoms with Gasteiger partial charge in [-0.15, -0.1) is 0 Å². The van der Waals surface area contributed by atoms with E-state index in [4.69, 9.17) is 4.74 Å². The molecule has 2 aromatic heterocycles. The van der Waals surface area contributed by atoms with Gasteiger partial charge < -0.3 is 15.0 Å². The molecule has 0 saturated heterocycles. The van der Waals surface area contributed by atoms with Crippen LogP contribution < -0.4 is 14.9 Å². The molecule has 11 nitrogen and oxygen atoms in total. The number of methoxy groups -OCH3 is 1. The Morgan fingerprint density at radius 2 is 2.02 bits per heavy atom. The average Bonchev–Trinajstić information content (AvgIpc) is 3.47. The fraction of sp³-hybridized carbons (Fsp3) is 0.429. The Bertz CT molecular complexity index is 1660. The van der Waals surface area contributed by atoms with Gasteiger partial charge in [0.25, 0.3) is 11.8 Å². The van der Waals surface area contributed by atoms with Crippen molar-refractivity contribution >= 4 is 72.5 Å². The molecule has 1 fully saturated rings. The number of fused-ring (bicyclic) bond motifs is 1. The predicted octanol–water partition coefficient (Wildman–Crippen LogP) is 4.48. The lowest BCUT2D eigenvalue weighted by Crippen LogP contribution is -2.40. The van der Waals surface area contributed by atoms with Crippen LogP contribution in [0.1, 0.15) is 48.3 Å². The molecule has 1 aliphatic carbocycles. The van der Waals surface area contributed by atoms with E-state index in [9.17, 15) is 18.0 Å². The second-order valence-electron chi connectivity index (χ2n) is 10.5. The van der Waals surface area contributed by atoms with Crippen LogP contribution >= 0.6 is 33.9 Å². The zero-order valence-corrected chi connectivity index (χ0v) is 27.8. The molecule has 2 aliphatic rings. The maximum absolute atomic E-state index is 13.6. The first-order chi connectivity index (χ1) is 19.9. The van der Waals surface area contributed by atoms with Crippen molar-refractivity contribution in [3.8, 4) is 10.4 Å². The summed E-state index contributed by atoms with van der Waals surface area (Å²) in [6, 6.07) is 8.77. The summed E-state index contributed by atoms with van der Waals surface area (Å²) in [4.78, 5) is 39.0. The van der Waals surface area contributed by atoms with Crippen LogP contribution in [0.25, 0.3) is 10.4 Å². The van der Waals surface area contributed by atoms with Crippen LogP contribution in [0.2, 0.25) is 0 Å². The highest BCUT2D eigenvalue weighted by Gasteiger charge is 2.50. The lowest BCUT2D eigenvalue weighted by molar-refractivity contribution is -0.121. The van der Waals surface area contributed by atoms with Crippen LogP contribution in [0.3, 0.4) is 0 Å². The van der Waals surface area contributed by atoms with Gasteiger partial charge in [-0.2, -0.15) is 0 Å². The minimum Gasteiger partial charge on any atom is -0.375 e. The zero-order valence-electron chi connectivity index (χ0n) is 24.0. The van der Waals surface area contributed by atoms with E-state index < -0.39 is 10.0 Å². The van der Waals surface area contributed by atoms with Gasteiger partial charge in [0, 0.05) is 36.7 Å². The lowest BCUT2D eigenvalue weighted by Gasteiger charge is -2.28. The number of ether oxygens (including phenoxy) is 1. The number of benzene rings is 1. The van der Waals surface area contributed by atoms with Gasteiger partial charge in [-0.1, -0.05) is 46.9 Å². The highest BCUT2D eigenvalue weighted by molar-refractivity contribution is 14.1. The molecule has 42 heavy (non-hydrogen) atoms. The Balaban J connectivity index is 1.49. The highest BCUT2D eigenvalue weighted by Crippen LogP contribution is 2.51. The summed E-state index contributed by atoms with van der Waals surface area (Å²) in [6.07, 6.45) is 2.08. The number of rotatable bonds is 11. The van der Waals surface area contributed by atoms with Crippen molar-refractivity contribution in [1.29, 1.82) is 0 Å². The maximum atomic E-state index is 13.6. The molecule has 5 rings (SSSR count). The van der Waals surface area contributed by atoms with Gasteiger partial charge in [0.2, 0.25) is 10.0 Å². The summed E-state index contributed by atoms with van der Waals surface area (Å²) in [5, 5.41) is 3.76. The van der Waals surface area contributed by atoms with Gasteiger partial charge in [0.1, 0.15) is 18.2 Å². The largest absolute Gasteiger partial charge is 0.375 e. The molecule has 1 atom stereocenters. The number of anilines is 3. The molecule has 2 N–H and O–H groups in total. The third-order valence-corrected chi connectivity index (χ3v) is 12.3. The summed E-state index contributed by atoms with van der Waals surface area (Å²) in [6.45, 7) is 6.12. The molecule has 0 radical (unpaired) electrons. The number of nitrogens with zero attached hydrogens (tertiary/aromatic N) is 4. The molecule has 1 aliphatic heterocycles. The third-order valence-electron chi connectivity index (χ3n) is 7.58. The number of thiazole rings is 1. The summed E-state index contributed by atoms with van der Waals surface area (Å²) >= 11 is 3.79. The normalized spacial score (nSPS) is 16.3. The number of hydrogen-bond acceptors (Lipinski definition) is 9. The molecule has 3 aromatic rings. The second kappa shape index (κ2) is 11.8. The second-order valence-corrected chi connectivity index (χ2v) is 15.4. The molecular weight excluding hydrogens is 691 g/mol. The molecule has 0 unspecified atom stereocenters. The Morgan fingerprint density at radius 3 is 2.69 bits per heavy atom. The van der Waals surface area contributed by atoms with E-state index in [0.29, 0.717) is 40.1 Å². The number of carbonyl (C=O) groups is 2. The Morgan fingerprint density at radius 1 is 1.29 bits per heavy atom. The first kappa shape index (κ1) is 30.8. The van der Waals surface area contributed by atoms with Crippen LogP contribution in [0.4, 0.5) is 16.8 Å². The van der Waals surface area contributed by atoms with Gasteiger partial charge in [0.05, 0.1) is 21.0 Å². The number of pyridine rings is 1. The number of hydrogen-bond donors (Lipinski definition) is 2. The molecule has 0 spiro atoms. The van der Waals surface area contributed by atoms with E-state index in [1.54, 1.807) is 43.1 Å². The van der Waals surface area contributed by atoms with E-state index in [2.05, 4.69) is 42.6 Å². The molecule has 2 amide bonds. The average molecular weight is 725 g/mol. The highest BCUT2D eigenvalue weighted by atomic mass is 127. The quantitative estimate of drug-likeness (QED) is 0.219. The molecule has 1 aromatic carbocycles. The minimum absolute atomic E-state index is 0.00436. The van der Waals surface area contributed by atoms with E-state index >= 15 is 0 Å². The number of nitrogens with one attached hydrogen (secondary N) is 2. The standard InChI is InChI=1S/C28H33IN6O5S2/c1-6-30-42(38,39)20-13-18(12-19-14-35(26(37)24(19)20)17(3)28(29)10-11-28)25-16(2)31-27(41-25)33-21-8-7-9-22(32-21)34(4)23(36)15-40-5/h7-9,12-13,17,30H,6,10-11,14-15H2,1-5H3,(H,31,32,33)/t17-/m0/s1. The number of carbonyl (C=O) groups excluding carboxylic acids is 2. The van der Waals surface area contributed by atoms with Gasteiger partial charge in [-0.3, -0.25) is 14.5 Å². The summed E-state index contributed by atoms with van der Waals surface area (Å²) in [5.41, 5.74) is 2.33. The van der Waals surface area contributed by atoms with Crippen molar-refractivity contribution in [2.45, 2.75) is 54.5 Å². The minimum atomic E-state index is -3.93. The number of likely N-dealkylation sites (N-methyl/N-ethyl adjacent to an activating group) is 1. The fourth-order valence-electron chi connectivity index (χ4n) is 5.03. The lowest BCUT2D eigenvalue weighted by atomic mass is 10.0. The maximum Gasteiger partial charge on any atom is 0.256 e. The molecule has 14 heteroatoms. The van der Waals surface area contributed by atoms with Crippen molar-refractivity contribution in [1.82, 2.24) is 19.6 Å². The van der Waals surface area contributed by atoms with Crippen molar-refractivity contribution in [2.24, 2.45) is 0 Å². The van der Waals surface area contributed by atoms with E-state index in [1.165, 1.54) is 23.3 Å². The summed E-state index contributed by atoms with van der Waals surface area (Å²) < 4.78 is 34.3. The summed E-state index contributed by atoms with van der Waals surface area (Å²) in [7, 11) is -0.841. The molecule has 0 bridgehead atoms. The third kappa shape index (κ3) is 5.91. The Hall–Kier alpha value is -2.66. The molecule has 1 saturated carbocycles. The first-order valence-corrected chi connectivity index (χ1v) is 16.9. The van der Waals surface area contributed by atoms with Gasteiger partial charge in [-0.25, -0.2) is 23.1 Å². The number of aryl methyl sites for hydroxylation is 1. The van der Waals surface area contributed by atoms with E-state index in [0.717, 1.165) is 17.7 Å². The predicted molar refractivity (Wildman–Crippen MR) is 171 cm³/mol. The molecular formula is C28H33IN6O5S2. The van der Waals surface area contributed by atoms with Gasteiger partial charge >= 0.3 is 0 Å². The van der Waals surface area contributed by atoms with E-state index in [1.807, 2.05) is 19.9 Å². The zero-order chi connectivity index (χ0) is 30.4. The number of alkyl halides is 1. The number of sulfonamides is 1. The van der Waals surface area contributed by atoms with Crippen molar-refractivity contribution in [3.63, 3.8) is 0 Å². The Labute approximate surface area is 263 Å². The van der Waals surface area contributed by atoms with Crippen LogP contribution in [-0.4, -0.2) is 71.9 Å². The van der Waals surface area contributed by atoms with E-state index in [-0.39, 0.29) is 44.9 Å². The fourth-order valence-corrected chi connectivity index (χ4v) is 7.91. The first-order valence-electron chi connectivity index (χ1n) is 13.5. The van der Waals surface area contributed by atoms with Crippen LogP contribution in [0.15, 0.2) is 35.2 Å². The summed E-state index contributed by atoms with van der Waals surface area (Å²) in [5.74, 6) is 0.478. The van der Waals surface area contributed by atoms with Gasteiger partial charge in [0.15, 0.2) is 5.13 Å². The van der Waals surface area contributed by atoms with Crippen LogP contribution in [0.5, 0.6) is 0 Å². The van der Waals surface area contributed by atoms with Crippen LogP contribution in [-0.2, 0) is 26.1 Å². The topological polar surface area (TPSA) is 134 Å². The smallest absolute Gasteiger partial charge is 0.256 e. The molecule has 3 heterocycles. The van der Waals surface area contributed by atoms with Crippen molar-refractivity contribution in [3.05, 3.63) is 47.2 Å². The Kier molecular flexibility index (Phi) is 8.64. The number of halogens is 1. The number of amides is 2. The van der Waals surface area contributed by atoms with Crippen molar-refractivity contribution in [2.75, 3.05) is 37.5 Å².